The van der Waals surface area contributed by atoms with Crippen molar-refractivity contribution < 1.29 is 9.53 Å². The molecule has 0 fully saturated rings. The zero-order valence-electron chi connectivity index (χ0n) is 12.9. The summed E-state index contributed by atoms with van der Waals surface area (Å²) in [5.41, 5.74) is 3.78. The van der Waals surface area contributed by atoms with E-state index in [0.29, 0.717) is 6.42 Å². The van der Waals surface area contributed by atoms with Crippen LogP contribution in [-0.2, 0) is 11.2 Å². The summed E-state index contributed by atoms with van der Waals surface area (Å²) in [5.74, 6) is 0.736. The lowest BCUT2D eigenvalue weighted by molar-refractivity contribution is -0.115. The van der Waals surface area contributed by atoms with Crippen LogP contribution in [0, 0.1) is 6.92 Å². The Balaban J connectivity index is 1.85. The summed E-state index contributed by atoms with van der Waals surface area (Å²) in [5, 5.41) is 3.95. The molecule has 3 rings (SSSR count). The predicted octanol–water partition coefficient (Wildman–Crippen LogP) is 4.43. The minimum Gasteiger partial charge on any atom is -0.497 e. The van der Waals surface area contributed by atoms with E-state index in [1.165, 1.54) is 0 Å². The van der Waals surface area contributed by atoms with Crippen molar-refractivity contribution in [3.8, 4) is 5.75 Å². The lowest BCUT2D eigenvalue weighted by Crippen LogP contribution is -2.14. The average molecular weight is 373 g/mol. The highest BCUT2D eigenvalue weighted by molar-refractivity contribution is 9.10. The third-order valence-corrected chi connectivity index (χ3v) is 4.27. The minimum absolute atomic E-state index is 0.0464. The van der Waals surface area contributed by atoms with Crippen molar-refractivity contribution in [3.05, 3.63) is 58.2 Å². The molecule has 0 saturated heterocycles. The summed E-state index contributed by atoms with van der Waals surface area (Å²) in [4.78, 5) is 15.7. The average Bonchev–Trinajstić information content (AvgIpc) is 2.82. The smallest absolute Gasteiger partial charge is 0.228 e. The van der Waals surface area contributed by atoms with Crippen LogP contribution in [0.2, 0.25) is 0 Å². The van der Waals surface area contributed by atoms with E-state index in [2.05, 4.69) is 26.2 Å². The Morgan fingerprint density at radius 1 is 1.26 bits per heavy atom. The summed E-state index contributed by atoms with van der Waals surface area (Å²) >= 11 is 3.40. The predicted molar refractivity (Wildman–Crippen MR) is 96.1 cm³/mol. The van der Waals surface area contributed by atoms with E-state index in [1.807, 2.05) is 49.4 Å². The zero-order valence-corrected chi connectivity index (χ0v) is 14.5. The van der Waals surface area contributed by atoms with Gasteiger partial charge in [0.2, 0.25) is 5.91 Å². The summed E-state index contributed by atoms with van der Waals surface area (Å²) < 4.78 is 6.21. The van der Waals surface area contributed by atoms with Crippen molar-refractivity contribution in [2.75, 3.05) is 12.4 Å². The van der Waals surface area contributed by atoms with Crippen LogP contribution in [0.4, 0.5) is 5.69 Å². The zero-order chi connectivity index (χ0) is 16.4. The lowest BCUT2D eigenvalue weighted by atomic mass is 10.1. The summed E-state index contributed by atoms with van der Waals surface area (Å²) in [6.07, 6.45) is 0.311. The number of aromatic nitrogens is 1. The van der Waals surface area contributed by atoms with Gasteiger partial charge in [0.1, 0.15) is 5.75 Å². The number of anilines is 1. The van der Waals surface area contributed by atoms with Gasteiger partial charge in [-0.3, -0.25) is 4.79 Å². The van der Waals surface area contributed by atoms with Crippen molar-refractivity contribution in [1.29, 1.82) is 0 Å². The first-order valence-corrected chi connectivity index (χ1v) is 8.06. The van der Waals surface area contributed by atoms with Gasteiger partial charge in [0.25, 0.3) is 0 Å². The van der Waals surface area contributed by atoms with Crippen molar-refractivity contribution >= 4 is 38.4 Å². The maximum Gasteiger partial charge on any atom is 0.228 e. The van der Waals surface area contributed by atoms with Gasteiger partial charge in [-0.05, 0) is 48.9 Å². The number of rotatable bonds is 4. The molecule has 0 aliphatic carbocycles. The topological polar surface area (TPSA) is 54.1 Å². The number of aryl methyl sites for hydroxylation is 1. The molecule has 2 N–H and O–H groups in total. The number of hydrogen-bond acceptors (Lipinski definition) is 2. The van der Waals surface area contributed by atoms with Gasteiger partial charge in [0.15, 0.2) is 0 Å². The van der Waals surface area contributed by atoms with Crippen molar-refractivity contribution in [3.63, 3.8) is 0 Å². The standard InChI is InChI=1S/C18H17BrN2O2/c1-11-15(16-9-14(23-2)6-7-17(16)20-11)10-18(22)21-13-5-3-4-12(19)8-13/h3-9,20H,10H2,1-2H3,(H,21,22). The molecule has 4 nitrogen and oxygen atoms in total. The second-order valence-electron chi connectivity index (χ2n) is 5.38. The molecular formula is C18H17BrN2O2. The van der Waals surface area contributed by atoms with Crippen LogP contribution in [0.25, 0.3) is 10.9 Å². The molecule has 0 aliphatic heterocycles. The fourth-order valence-electron chi connectivity index (χ4n) is 2.65. The van der Waals surface area contributed by atoms with Crippen LogP contribution in [0.5, 0.6) is 5.75 Å². The highest BCUT2D eigenvalue weighted by Gasteiger charge is 2.13. The molecule has 0 bridgehead atoms. The van der Waals surface area contributed by atoms with E-state index in [4.69, 9.17) is 4.74 Å². The first kappa shape index (κ1) is 15.6. The molecule has 0 atom stereocenters. The van der Waals surface area contributed by atoms with E-state index in [9.17, 15) is 4.79 Å². The highest BCUT2D eigenvalue weighted by Crippen LogP contribution is 2.27. The molecule has 0 aliphatic rings. The number of ether oxygens (including phenoxy) is 1. The summed E-state index contributed by atoms with van der Waals surface area (Å²) in [7, 11) is 1.64. The maximum absolute atomic E-state index is 12.4. The first-order valence-electron chi connectivity index (χ1n) is 7.27. The van der Waals surface area contributed by atoms with Crippen LogP contribution in [0.15, 0.2) is 46.9 Å². The molecule has 1 aromatic heterocycles. The second kappa shape index (κ2) is 6.46. The van der Waals surface area contributed by atoms with Gasteiger partial charge >= 0.3 is 0 Å². The molecule has 1 heterocycles. The number of carbonyl (C=O) groups is 1. The van der Waals surface area contributed by atoms with Gasteiger partial charge in [-0.2, -0.15) is 0 Å². The third kappa shape index (κ3) is 3.40. The molecule has 5 heteroatoms. The number of aromatic amines is 1. The fraction of sp³-hybridized carbons (Fsp3) is 0.167. The van der Waals surface area contributed by atoms with Gasteiger partial charge in [0, 0.05) is 26.8 Å². The molecule has 0 spiro atoms. The number of nitrogens with one attached hydrogen (secondary N) is 2. The highest BCUT2D eigenvalue weighted by atomic mass is 79.9. The number of amides is 1. The normalized spacial score (nSPS) is 10.7. The Bertz CT molecular complexity index is 871. The van der Waals surface area contributed by atoms with E-state index in [0.717, 1.165) is 38.1 Å². The van der Waals surface area contributed by atoms with Gasteiger partial charge in [0.05, 0.1) is 13.5 Å². The number of methoxy groups -OCH3 is 1. The number of H-pyrrole nitrogens is 1. The van der Waals surface area contributed by atoms with Gasteiger partial charge < -0.3 is 15.0 Å². The van der Waals surface area contributed by atoms with Gasteiger partial charge in [-0.25, -0.2) is 0 Å². The molecule has 1 amide bonds. The van der Waals surface area contributed by atoms with Crippen LogP contribution < -0.4 is 10.1 Å². The van der Waals surface area contributed by atoms with Gasteiger partial charge in [-0.1, -0.05) is 22.0 Å². The Labute approximate surface area is 143 Å². The fourth-order valence-corrected chi connectivity index (χ4v) is 3.05. The lowest BCUT2D eigenvalue weighted by Gasteiger charge is -2.06. The van der Waals surface area contributed by atoms with Crippen molar-refractivity contribution in [1.82, 2.24) is 4.98 Å². The van der Waals surface area contributed by atoms with E-state index in [-0.39, 0.29) is 5.91 Å². The van der Waals surface area contributed by atoms with E-state index >= 15 is 0 Å². The second-order valence-corrected chi connectivity index (χ2v) is 6.29. The van der Waals surface area contributed by atoms with E-state index < -0.39 is 0 Å². The molecule has 0 radical (unpaired) electrons. The quantitative estimate of drug-likeness (QED) is 0.711. The molecule has 0 saturated carbocycles. The van der Waals surface area contributed by atoms with Crippen molar-refractivity contribution in [2.24, 2.45) is 0 Å². The monoisotopic (exact) mass is 372 g/mol. The number of carbonyl (C=O) groups excluding carboxylic acids is 1. The molecule has 23 heavy (non-hydrogen) atoms. The Morgan fingerprint density at radius 3 is 2.83 bits per heavy atom. The SMILES string of the molecule is COc1ccc2[nH]c(C)c(CC(=O)Nc3cccc(Br)c3)c2c1. The van der Waals surface area contributed by atoms with Crippen LogP contribution >= 0.6 is 15.9 Å². The minimum atomic E-state index is -0.0464. The molecule has 2 aromatic carbocycles. The Morgan fingerprint density at radius 2 is 2.09 bits per heavy atom. The summed E-state index contributed by atoms with van der Waals surface area (Å²) in [6, 6.07) is 13.4. The molecule has 0 unspecified atom stereocenters. The van der Waals surface area contributed by atoms with Crippen molar-refractivity contribution in [2.45, 2.75) is 13.3 Å². The Hall–Kier alpha value is -2.27. The third-order valence-electron chi connectivity index (χ3n) is 3.77. The molecular weight excluding hydrogens is 356 g/mol. The van der Waals surface area contributed by atoms with E-state index in [1.54, 1.807) is 7.11 Å². The number of fused-ring (bicyclic) bond motifs is 1. The van der Waals surface area contributed by atoms with Crippen LogP contribution in [-0.4, -0.2) is 18.0 Å². The number of halogens is 1. The van der Waals surface area contributed by atoms with Crippen LogP contribution in [0.1, 0.15) is 11.3 Å². The van der Waals surface area contributed by atoms with Gasteiger partial charge in [-0.15, -0.1) is 0 Å². The maximum atomic E-state index is 12.4. The molecule has 3 aromatic rings. The molecule has 118 valence electrons. The largest absolute Gasteiger partial charge is 0.497 e. The first-order chi connectivity index (χ1) is 11.1. The summed E-state index contributed by atoms with van der Waals surface area (Å²) in [6.45, 7) is 1.98. The number of hydrogen-bond donors (Lipinski definition) is 2. The van der Waals surface area contributed by atoms with Crippen LogP contribution in [0.3, 0.4) is 0 Å². The Kier molecular flexibility index (Phi) is 4.39. The number of benzene rings is 2.